The van der Waals surface area contributed by atoms with Gasteiger partial charge in [-0.1, -0.05) is 42.5 Å². The van der Waals surface area contributed by atoms with E-state index in [0.29, 0.717) is 23.0 Å². The van der Waals surface area contributed by atoms with Crippen LogP contribution in [0.3, 0.4) is 0 Å². The van der Waals surface area contributed by atoms with Crippen molar-refractivity contribution in [2.75, 3.05) is 18.0 Å². The monoisotopic (exact) mass is 495 g/mol. The average molecular weight is 496 g/mol. The van der Waals surface area contributed by atoms with E-state index in [0.717, 1.165) is 25.9 Å². The summed E-state index contributed by atoms with van der Waals surface area (Å²) in [6, 6.07) is 25.0. The summed E-state index contributed by atoms with van der Waals surface area (Å²) in [6.45, 7) is 6.32. The van der Waals surface area contributed by atoms with Crippen molar-refractivity contribution in [3.63, 3.8) is 0 Å². The molecule has 0 aromatic heterocycles. The summed E-state index contributed by atoms with van der Waals surface area (Å²) in [6.07, 6.45) is 0.990. The van der Waals surface area contributed by atoms with Gasteiger partial charge in [-0.25, -0.2) is 9.59 Å². The van der Waals surface area contributed by atoms with Crippen molar-refractivity contribution >= 4 is 17.6 Å². The van der Waals surface area contributed by atoms with Crippen LogP contribution >= 0.6 is 0 Å². The summed E-state index contributed by atoms with van der Waals surface area (Å²) in [5, 5.41) is 0. The van der Waals surface area contributed by atoms with Crippen LogP contribution in [0.1, 0.15) is 58.0 Å². The summed E-state index contributed by atoms with van der Waals surface area (Å²) in [5.41, 5.74) is 5.06. The zero-order valence-corrected chi connectivity index (χ0v) is 21.4. The van der Waals surface area contributed by atoms with Gasteiger partial charge in [0.05, 0.1) is 11.1 Å². The highest BCUT2D eigenvalue weighted by atomic mass is 16.6. The fourth-order valence-electron chi connectivity index (χ4n) is 7.14. The van der Waals surface area contributed by atoms with Crippen LogP contribution in [0, 0.1) is 17.8 Å². The summed E-state index contributed by atoms with van der Waals surface area (Å²) < 4.78 is 12.3. The minimum atomic E-state index is -0.458. The molecule has 5 nitrogen and oxygen atoms in total. The van der Waals surface area contributed by atoms with Crippen molar-refractivity contribution in [2.24, 2.45) is 17.8 Å². The molecule has 2 saturated carbocycles. The highest BCUT2D eigenvalue weighted by Gasteiger charge is 2.63. The third kappa shape index (κ3) is 4.11. The summed E-state index contributed by atoms with van der Waals surface area (Å²) in [7, 11) is 0. The third-order valence-electron chi connectivity index (χ3n) is 8.76. The minimum Gasteiger partial charge on any atom is -0.455 e. The normalized spacial score (nSPS) is 26.9. The molecule has 3 aliphatic carbocycles. The Hall–Kier alpha value is -3.60. The zero-order chi connectivity index (χ0) is 25.5. The Kier molecular flexibility index (Phi) is 6.23. The molecule has 0 N–H and O–H groups in total. The number of carbonyl (C=O) groups excluding carboxylic acids is 2. The van der Waals surface area contributed by atoms with Crippen LogP contribution in [0.5, 0.6) is 0 Å². The predicted octanol–water partition coefficient (Wildman–Crippen LogP) is 5.89. The second kappa shape index (κ2) is 9.70. The molecule has 3 aliphatic rings. The van der Waals surface area contributed by atoms with Gasteiger partial charge in [-0.2, -0.15) is 0 Å². The van der Waals surface area contributed by atoms with E-state index in [1.807, 2.05) is 36.4 Å². The van der Waals surface area contributed by atoms with Crippen molar-refractivity contribution in [2.45, 2.75) is 44.8 Å². The maximum Gasteiger partial charge on any atom is 0.338 e. The van der Waals surface area contributed by atoms with Gasteiger partial charge < -0.3 is 14.4 Å². The van der Waals surface area contributed by atoms with Crippen molar-refractivity contribution < 1.29 is 19.1 Å². The number of hydrogen-bond donors (Lipinski definition) is 0. The average Bonchev–Trinajstić information content (AvgIpc) is 3.59. The molecule has 3 aromatic carbocycles. The first-order valence-electron chi connectivity index (χ1n) is 13.5. The Morgan fingerprint density at radius 2 is 1.32 bits per heavy atom. The maximum absolute atomic E-state index is 13.1. The highest BCUT2D eigenvalue weighted by Crippen LogP contribution is 2.63. The molecule has 6 unspecified atom stereocenters. The first-order chi connectivity index (χ1) is 18.1. The summed E-state index contributed by atoms with van der Waals surface area (Å²) in [4.78, 5) is 28.6. The van der Waals surface area contributed by atoms with E-state index in [9.17, 15) is 9.59 Å². The van der Waals surface area contributed by atoms with Crippen molar-refractivity contribution in [3.05, 3.63) is 101 Å². The lowest BCUT2D eigenvalue weighted by atomic mass is 9.76. The topological polar surface area (TPSA) is 55.8 Å². The van der Waals surface area contributed by atoms with Gasteiger partial charge in [0.15, 0.2) is 0 Å². The van der Waals surface area contributed by atoms with E-state index in [-0.39, 0.29) is 23.8 Å². The Bertz CT molecular complexity index is 1290. The SMILES string of the molecule is CCN(CC)c1ccc2c(c1)CC1C3CC(C(OC(=O)c4ccccc4)C3OC(=O)c3ccccc3)C21. The van der Waals surface area contributed by atoms with E-state index in [2.05, 4.69) is 36.9 Å². The fraction of sp³-hybridized carbons (Fsp3) is 0.375. The number of rotatable bonds is 7. The van der Waals surface area contributed by atoms with Crippen LogP contribution in [0.4, 0.5) is 5.69 Å². The zero-order valence-electron chi connectivity index (χ0n) is 21.4. The molecule has 3 aromatic rings. The molecule has 5 heteroatoms. The molecule has 0 aliphatic heterocycles. The Morgan fingerprint density at radius 1 is 0.757 bits per heavy atom. The number of nitrogens with zero attached hydrogens (tertiary/aromatic N) is 1. The first kappa shape index (κ1) is 23.8. The maximum atomic E-state index is 13.1. The molecular weight excluding hydrogens is 462 g/mol. The van der Waals surface area contributed by atoms with Gasteiger partial charge in [0.25, 0.3) is 0 Å². The molecule has 37 heavy (non-hydrogen) atoms. The van der Waals surface area contributed by atoms with Crippen LogP contribution in [0.25, 0.3) is 0 Å². The molecule has 0 saturated heterocycles. The molecule has 0 radical (unpaired) electrons. The molecule has 0 amide bonds. The van der Waals surface area contributed by atoms with E-state index in [4.69, 9.17) is 9.47 Å². The second-order valence-electron chi connectivity index (χ2n) is 10.5. The molecule has 6 atom stereocenters. The minimum absolute atomic E-state index is 0.136. The van der Waals surface area contributed by atoms with Crippen molar-refractivity contribution in [1.29, 1.82) is 0 Å². The van der Waals surface area contributed by atoms with Gasteiger partial charge in [0.1, 0.15) is 12.2 Å². The molecule has 6 rings (SSSR count). The predicted molar refractivity (Wildman–Crippen MR) is 143 cm³/mol. The lowest BCUT2D eigenvalue weighted by Crippen LogP contribution is -2.45. The molecule has 2 bridgehead atoms. The molecule has 2 fully saturated rings. The molecule has 0 spiro atoms. The number of hydrogen-bond acceptors (Lipinski definition) is 5. The number of anilines is 1. The van der Waals surface area contributed by atoms with Crippen LogP contribution in [0.15, 0.2) is 78.9 Å². The van der Waals surface area contributed by atoms with Gasteiger partial charge in [0.2, 0.25) is 0 Å². The third-order valence-corrected chi connectivity index (χ3v) is 8.76. The number of fused-ring (bicyclic) bond motifs is 7. The van der Waals surface area contributed by atoms with Gasteiger partial charge in [-0.15, -0.1) is 0 Å². The highest BCUT2D eigenvalue weighted by molar-refractivity contribution is 5.90. The summed E-state index contributed by atoms with van der Waals surface area (Å²) in [5.74, 6) is 0.316. The standard InChI is InChI=1S/C32H33NO4/c1-3-33(4-2)23-15-16-24-22(17-23)18-25-26-19-27(28(24)25)30(37-32(35)21-13-9-6-10-14-21)29(26)36-31(34)20-11-7-5-8-12-20/h5-17,25-30H,3-4,18-19H2,1-2H3. The van der Waals surface area contributed by atoms with Gasteiger partial charge in [-0.3, -0.25) is 0 Å². The van der Waals surface area contributed by atoms with Crippen LogP contribution in [-0.4, -0.2) is 37.2 Å². The van der Waals surface area contributed by atoms with Crippen LogP contribution in [-0.2, 0) is 15.9 Å². The fourth-order valence-corrected chi connectivity index (χ4v) is 7.14. The Balaban J connectivity index is 1.31. The summed E-state index contributed by atoms with van der Waals surface area (Å²) >= 11 is 0. The van der Waals surface area contributed by atoms with Gasteiger partial charge >= 0.3 is 11.9 Å². The smallest absolute Gasteiger partial charge is 0.338 e. The Morgan fingerprint density at radius 3 is 1.89 bits per heavy atom. The van der Waals surface area contributed by atoms with Crippen LogP contribution < -0.4 is 4.90 Å². The lowest BCUT2D eigenvalue weighted by Gasteiger charge is -2.37. The molecule has 0 heterocycles. The van der Waals surface area contributed by atoms with Gasteiger partial charge in [0, 0.05) is 30.6 Å². The van der Waals surface area contributed by atoms with Crippen LogP contribution in [0.2, 0.25) is 0 Å². The van der Waals surface area contributed by atoms with Gasteiger partial charge in [-0.05, 0) is 86.1 Å². The number of benzene rings is 3. The van der Waals surface area contributed by atoms with Crippen molar-refractivity contribution in [1.82, 2.24) is 0 Å². The van der Waals surface area contributed by atoms with E-state index >= 15 is 0 Å². The Labute approximate surface area is 218 Å². The van der Waals surface area contributed by atoms with E-state index in [1.165, 1.54) is 16.8 Å². The molecular formula is C32H33NO4. The molecule has 190 valence electrons. The lowest BCUT2D eigenvalue weighted by molar-refractivity contribution is -0.0698. The quantitative estimate of drug-likeness (QED) is 0.383. The van der Waals surface area contributed by atoms with E-state index < -0.39 is 12.2 Å². The second-order valence-corrected chi connectivity index (χ2v) is 10.5. The van der Waals surface area contributed by atoms with E-state index in [1.54, 1.807) is 24.3 Å². The first-order valence-corrected chi connectivity index (χ1v) is 13.5. The largest absolute Gasteiger partial charge is 0.455 e. The van der Waals surface area contributed by atoms with Crippen molar-refractivity contribution in [3.8, 4) is 0 Å². The number of ether oxygens (including phenoxy) is 2. The number of esters is 2. The number of carbonyl (C=O) groups is 2.